The van der Waals surface area contributed by atoms with Crippen LogP contribution >= 0.6 is 0 Å². The highest BCUT2D eigenvalue weighted by Gasteiger charge is 2.17. The summed E-state index contributed by atoms with van der Waals surface area (Å²) in [6.07, 6.45) is 3.48. The Labute approximate surface area is 176 Å². The first-order valence-electron chi connectivity index (χ1n) is 9.87. The Morgan fingerprint density at radius 2 is 1.90 bits per heavy atom. The second-order valence-corrected chi connectivity index (χ2v) is 7.21. The second kappa shape index (κ2) is 8.74. The summed E-state index contributed by atoms with van der Waals surface area (Å²) in [5.74, 6) is 0.746. The van der Waals surface area contributed by atoms with Crippen LogP contribution in [0.2, 0.25) is 0 Å². The van der Waals surface area contributed by atoms with Gasteiger partial charge in [0.15, 0.2) is 0 Å². The third kappa shape index (κ3) is 4.30. The highest BCUT2D eigenvalue weighted by molar-refractivity contribution is 6.07. The van der Waals surface area contributed by atoms with Gasteiger partial charge in [-0.15, -0.1) is 0 Å². The number of pyridine rings is 2. The first-order chi connectivity index (χ1) is 14.6. The highest BCUT2D eigenvalue weighted by Crippen LogP contribution is 2.25. The fourth-order valence-corrected chi connectivity index (χ4v) is 3.33. The maximum atomic E-state index is 13.3. The standard InChI is InChI=1S/C25H23N3O2/c1-18-7-5-9-20(15-18)30-14-13-28(2)25(29)22-16-24(19-8-6-12-26-17-19)27-23-11-4-3-10-21(22)23/h3-12,15-17H,13-14H2,1-2H3. The van der Waals surface area contributed by atoms with Crippen LogP contribution in [0.1, 0.15) is 15.9 Å². The molecule has 0 unspecified atom stereocenters. The molecule has 0 saturated heterocycles. The Bertz CT molecular complexity index is 1180. The van der Waals surface area contributed by atoms with Crippen molar-refractivity contribution < 1.29 is 9.53 Å². The molecule has 4 aromatic rings. The number of ether oxygens (including phenoxy) is 1. The largest absolute Gasteiger partial charge is 0.492 e. The van der Waals surface area contributed by atoms with Gasteiger partial charge in [0, 0.05) is 30.4 Å². The number of hydrogen-bond acceptors (Lipinski definition) is 4. The minimum Gasteiger partial charge on any atom is -0.492 e. The molecular weight excluding hydrogens is 374 g/mol. The van der Waals surface area contributed by atoms with Gasteiger partial charge >= 0.3 is 0 Å². The summed E-state index contributed by atoms with van der Waals surface area (Å²) in [4.78, 5) is 23.8. The van der Waals surface area contributed by atoms with Crippen molar-refractivity contribution in [2.24, 2.45) is 0 Å². The fraction of sp³-hybridized carbons (Fsp3) is 0.160. The molecule has 5 heteroatoms. The molecule has 150 valence electrons. The molecule has 0 bridgehead atoms. The molecule has 0 saturated carbocycles. The lowest BCUT2D eigenvalue weighted by Crippen LogP contribution is -2.31. The van der Waals surface area contributed by atoms with Gasteiger partial charge in [-0.1, -0.05) is 30.3 Å². The van der Waals surface area contributed by atoms with Crippen LogP contribution in [0.4, 0.5) is 0 Å². The zero-order valence-corrected chi connectivity index (χ0v) is 17.1. The van der Waals surface area contributed by atoms with Crippen LogP contribution < -0.4 is 4.74 Å². The van der Waals surface area contributed by atoms with Gasteiger partial charge in [0.25, 0.3) is 5.91 Å². The maximum Gasteiger partial charge on any atom is 0.254 e. The van der Waals surface area contributed by atoms with E-state index in [1.54, 1.807) is 24.3 Å². The monoisotopic (exact) mass is 397 g/mol. The van der Waals surface area contributed by atoms with Gasteiger partial charge < -0.3 is 9.64 Å². The van der Waals surface area contributed by atoms with Crippen molar-refractivity contribution in [3.8, 4) is 17.0 Å². The van der Waals surface area contributed by atoms with E-state index in [2.05, 4.69) is 4.98 Å². The van der Waals surface area contributed by atoms with Crippen molar-refractivity contribution in [1.82, 2.24) is 14.9 Å². The molecule has 2 aromatic heterocycles. The number of amides is 1. The second-order valence-electron chi connectivity index (χ2n) is 7.21. The van der Waals surface area contributed by atoms with E-state index in [1.165, 1.54) is 0 Å². The van der Waals surface area contributed by atoms with Crippen LogP contribution in [0.3, 0.4) is 0 Å². The zero-order valence-electron chi connectivity index (χ0n) is 17.1. The van der Waals surface area contributed by atoms with E-state index in [0.717, 1.165) is 33.5 Å². The quantitative estimate of drug-likeness (QED) is 0.471. The molecule has 0 N–H and O–H groups in total. The minimum absolute atomic E-state index is 0.0633. The van der Waals surface area contributed by atoms with E-state index in [4.69, 9.17) is 9.72 Å². The number of rotatable bonds is 6. The van der Waals surface area contributed by atoms with Crippen molar-refractivity contribution in [1.29, 1.82) is 0 Å². The predicted molar refractivity (Wildman–Crippen MR) is 119 cm³/mol. The lowest BCUT2D eigenvalue weighted by Gasteiger charge is -2.19. The van der Waals surface area contributed by atoms with Crippen molar-refractivity contribution in [2.75, 3.05) is 20.2 Å². The Hall–Kier alpha value is -3.73. The predicted octanol–water partition coefficient (Wildman–Crippen LogP) is 4.76. The van der Waals surface area contributed by atoms with Crippen molar-refractivity contribution >= 4 is 16.8 Å². The molecule has 2 aromatic carbocycles. The van der Waals surface area contributed by atoms with Crippen LogP contribution in [0.25, 0.3) is 22.2 Å². The van der Waals surface area contributed by atoms with Gasteiger partial charge in [-0.25, -0.2) is 4.98 Å². The number of aromatic nitrogens is 2. The molecule has 4 rings (SSSR count). The first-order valence-corrected chi connectivity index (χ1v) is 9.87. The van der Waals surface area contributed by atoms with Crippen LogP contribution in [-0.4, -0.2) is 41.0 Å². The van der Waals surface area contributed by atoms with Crippen molar-refractivity contribution in [2.45, 2.75) is 6.92 Å². The average molecular weight is 397 g/mol. The first kappa shape index (κ1) is 19.6. The fourth-order valence-electron chi connectivity index (χ4n) is 3.33. The molecule has 0 aliphatic carbocycles. The van der Waals surface area contributed by atoms with E-state index in [-0.39, 0.29) is 5.91 Å². The third-order valence-electron chi connectivity index (χ3n) is 4.94. The lowest BCUT2D eigenvalue weighted by molar-refractivity contribution is 0.0775. The van der Waals surface area contributed by atoms with Gasteiger partial charge in [-0.2, -0.15) is 0 Å². The molecule has 30 heavy (non-hydrogen) atoms. The molecule has 0 spiro atoms. The topological polar surface area (TPSA) is 55.3 Å². The third-order valence-corrected chi connectivity index (χ3v) is 4.94. The molecule has 0 fully saturated rings. The molecule has 0 radical (unpaired) electrons. The molecular formula is C25H23N3O2. The number of fused-ring (bicyclic) bond motifs is 1. The zero-order chi connectivity index (χ0) is 20.9. The van der Waals surface area contributed by atoms with Gasteiger partial charge in [-0.3, -0.25) is 9.78 Å². The van der Waals surface area contributed by atoms with Crippen LogP contribution in [-0.2, 0) is 0 Å². The summed E-state index contributed by atoms with van der Waals surface area (Å²) < 4.78 is 5.81. The maximum absolute atomic E-state index is 13.3. The van der Waals surface area contributed by atoms with E-state index in [9.17, 15) is 4.79 Å². The number of para-hydroxylation sites is 1. The van der Waals surface area contributed by atoms with E-state index in [1.807, 2.05) is 73.7 Å². The molecule has 0 aliphatic rings. The Morgan fingerprint density at radius 3 is 2.70 bits per heavy atom. The number of nitrogens with zero attached hydrogens (tertiary/aromatic N) is 3. The van der Waals surface area contributed by atoms with Crippen LogP contribution in [0, 0.1) is 6.92 Å². The summed E-state index contributed by atoms with van der Waals surface area (Å²) in [6, 6.07) is 21.2. The average Bonchev–Trinajstić information content (AvgIpc) is 2.78. The SMILES string of the molecule is Cc1cccc(OCCN(C)C(=O)c2cc(-c3cccnc3)nc3ccccc23)c1. The Morgan fingerprint density at radius 1 is 1.03 bits per heavy atom. The summed E-state index contributed by atoms with van der Waals surface area (Å²) in [5.41, 5.74) is 4.16. The van der Waals surface area contributed by atoms with Crippen LogP contribution in [0.15, 0.2) is 79.1 Å². The number of benzene rings is 2. The van der Waals surface area contributed by atoms with Gasteiger partial charge in [0.1, 0.15) is 12.4 Å². The Balaban J connectivity index is 1.57. The molecule has 5 nitrogen and oxygen atoms in total. The van der Waals surface area contributed by atoms with E-state index < -0.39 is 0 Å². The van der Waals surface area contributed by atoms with Gasteiger partial charge in [0.2, 0.25) is 0 Å². The van der Waals surface area contributed by atoms with Gasteiger partial charge in [-0.05, 0) is 48.9 Å². The van der Waals surface area contributed by atoms with Crippen molar-refractivity contribution in [3.63, 3.8) is 0 Å². The lowest BCUT2D eigenvalue weighted by atomic mass is 10.0. The van der Waals surface area contributed by atoms with Crippen molar-refractivity contribution in [3.05, 3.63) is 90.3 Å². The minimum atomic E-state index is -0.0633. The van der Waals surface area contributed by atoms with Crippen LogP contribution in [0.5, 0.6) is 5.75 Å². The summed E-state index contributed by atoms with van der Waals surface area (Å²) >= 11 is 0. The number of carbonyl (C=O) groups is 1. The Kier molecular flexibility index (Phi) is 5.70. The highest BCUT2D eigenvalue weighted by atomic mass is 16.5. The smallest absolute Gasteiger partial charge is 0.254 e. The molecule has 0 atom stereocenters. The van der Waals surface area contributed by atoms with Gasteiger partial charge in [0.05, 0.1) is 23.3 Å². The van der Waals surface area contributed by atoms with E-state index in [0.29, 0.717) is 18.7 Å². The molecule has 0 aliphatic heterocycles. The summed E-state index contributed by atoms with van der Waals surface area (Å²) in [6.45, 7) is 2.92. The molecule has 2 heterocycles. The normalized spacial score (nSPS) is 10.7. The summed E-state index contributed by atoms with van der Waals surface area (Å²) in [5, 5.41) is 0.835. The number of hydrogen-bond donors (Lipinski definition) is 0. The number of carbonyl (C=O) groups excluding carboxylic acids is 1. The van der Waals surface area contributed by atoms with E-state index >= 15 is 0 Å². The number of likely N-dealkylation sites (N-methyl/N-ethyl adjacent to an activating group) is 1. The number of aryl methyl sites for hydroxylation is 1. The summed E-state index contributed by atoms with van der Waals surface area (Å²) in [7, 11) is 1.79. The molecule has 1 amide bonds.